The summed E-state index contributed by atoms with van der Waals surface area (Å²) in [6.07, 6.45) is 1.50. The van der Waals surface area contributed by atoms with Crippen molar-refractivity contribution in [1.82, 2.24) is 0 Å². The van der Waals surface area contributed by atoms with Gasteiger partial charge in [-0.3, -0.25) is 0 Å². The molecule has 0 aliphatic carbocycles. The molecule has 43 heavy (non-hydrogen) atoms. The molecule has 220 valence electrons. The minimum absolute atomic E-state index is 0.161. The highest BCUT2D eigenvalue weighted by molar-refractivity contribution is 5.58. The third-order valence-corrected chi connectivity index (χ3v) is 9.52. The van der Waals surface area contributed by atoms with E-state index in [4.69, 9.17) is 18.9 Å². The Labute approximate surface area is 253 Å². The van der Waals surface area contributed by atoms with Gasteiger partial charge in [-0.25, -0.2) is 0 Å². The Morgan fingerprint density at radius 1 is 0.535 bits per heavy atom. The van der Waals surface area contributed by atoms with Crippen molar-refractivity contribution in [2.45, 2.75) is 70.2 Å². The Kier molecular flexibility index (Phi) is 5.72. The van der Waals surface area contributed by atoms with Gasteiger partial charge in [0.05, 0.1) is 0 Å². The van der Waals surface area contributed by atoms with Crippen LogP contribution >= 0.6 is 0 Å². The fourth-order valence-electron chi connectivity index (χ4n) is 7.53. The van der Waals surface area contributed by atoms with Gasteiger partial charge in [0, 0.05) is 82.5 Å². The first-order valence-electron chi connectivity index (χ1n) is 15.3. The van der Waals surface area contributed by atoms with E-state index >= 15 is 0 Å². The number of hydrogen-bond acceptors (Lipinski definition) is 6. The summed E-state index contributed by atoms with van der Waals surface area (Å²) in [5.74, 6) is 2.70. The summed E-state index contributed by atoms with van der Waals surface area (Å²) in [5, 5.41) is 0. The molecule has 0 N–H and O–H groups in total. The van der Waals surface area contributed by atoms with Crippen LogP contribution in [0.15, 0.2) is 84.9 Å². The average Bonchev–Trinajstić information content (AvgIpc) is 2.99. The Hall–Kier alpha value is -4.32. The minimum atomic E-state index is -0.787. The smallest absolute Gasteiger partial charge is 0.252 e. The van der Waals surface area contributed by atoms with Crippen LogP contribution in [0.1, 0.15) is 62.8 Å². The predicted molar refractivity (Wildman–Crippen MR) is 168 cm³/mol. The Morgan fingerprint density at radius 3 is 1.37 bits per heavy atom. The summed E-state index contributed by atoms with van der Waals surface area (Å²) >= 11 is 0. The molecule has 6 nitrogen and oxygen atoms in total. The van der Waals surface area contributed by atoms with Gasteiger partial charge < -0.3 is 28.7 Å². The predicted octanol–water partition coefficient (Wildman–Crippen LogP) is 7.92. The molecule has 0 bridgehead atoms. The van der Waals surface area contributed by atoms with Crippen LogP contribution in [0.25, 0.3) is 0 Å². The fraction of sp³-hybridized carbons (Fsp3) is 0.351. The summed E-state index contributed by atoms with van der Waals surface area (Å²) in [7, 11) is 0. The van der Waals surface area contributed by atoms with E-state index in [1.54, 1.807) is 0 Å². The molecule has 4 aliphatic heterocycles. The van der Waals surface area contributed by atoms with Gasteiger partial charge in [0.2, 0.25) is 0 Å². The fourth-order valence-corrected chi connectivity index (χ4v) is 7.53. The molecule has 0 atom stereocenters. The molecular formula is C37H38N2O4. The lowest BCUT2D eigenvalue weighted by molar-refractivity contribution is -0.166. The molecular weight excluding hydrogens is 536 g/mol. The monoisotopic (exact) mass is 574 g/mol. The van der Waals surface area contributed by atoms with Crippen molar-refractivity contribution in [3.63, 3.8) is 0 Å². The highest BCUT2D eigenvalue weighted by Gasteiger charge is 2.53. The molecule has 4 heterocycles. The van der Waals surface area contributed by atoms with Crippen molar-refractivity contribution in [2.24, 2.45) is 0 Å². The van der Waals surface area contributed by atoms with E-state index in [1.165, 1.54) is 22.3 Å². The van der Waals surface area contributed by atoms with Crippen molar-refractivity contribution in [3.8, 4) is 23.0 Å². The maximum atomic E-state index is 6.92. The van der Waals surface area contributed by atoms with Gasteiger partial charge in [-0.2, -0.15) is 0 Å². The normalized spacial score (nSPS) is 20.3. The summed E-state index contributed by atoms with van der Waals surface area (Å²) in [5.41, 5.74) is 6.79. The molecule has 0 radical (unpaired) electrons. The van der Waals surface area contributed by atoms with Gasteiger partial charge in [-0.05, 0) is 36.4 Å². The number of ether oxygens (including phenoxy) is 4. The standard InChI is InChI=1S/C37H38N2O4/c1-35(2)21-37(42-33-17-31-25(15-29(33)35)19-38(23-40-31)27-11-7-5-8-12-27)22-36(3,4)30-16-26-20-39(28-13-9-6-10-14-28)24-41-32(26)18-34(30)43-37/h5-18H,19-24H2,1-4H3. The number of para-hydroxylation sites is 2. The van der Waals surface area contributed by atoms with Crippen LogP contribution in [0.4, 0.5) is 11.4 Å². The Balaban J connectivity index is 1.10. The first kappa shape index (κ1) is 26.3. The van der Waals surface area contributed by atoms with Crippen LogP contribution in [0.3, 0.4) is 0 Å². The number of rotatable bonds is 2. The molecule has 6 heteroatoms. The van der Waals surface area contributed by atoms with Crippen molar-refractivity contribution in [1.29, 1.82) is 0 Å². The topological polar surface area (TPSA) is 43.4 Å². The minimum Gasteiger partial charge on any atom is -0.473 e. The summed E-state index contributed by atoms with van der Waals surface area (Å²) in [6.45, 7) is 11.8. The third kappa shape index (κ3) is 4.46. The molecule has 0 aromatic heterocycles. The third-order valence-electron chi connectivity index (χ3n) is 9.52. The Morgan fingerprint density at radius 2 is 0.953 bits per heavy atom. The van der Waals surface area contributed by atoms with Gasteiger partial charge in [-0.15, -0.1) is 0 Å². The van der Waals surface area contributed by atoms with Crippen LogP contribution in [-0.2, 0) is 23.9 Å². The van der Waals surface area contributed by atoms with E-state index in [2.05, 4.69) is 110 Å². The molecule has 4 aromatic carbocycles. The molecule has 0 saturated carbocycles. The number of anilines is 2. The lowest BCUT2D eigenvalue weighted by Crippen LogP contribution is -2.55. The van der Waals surface area contributed by atoms with Crippen molar-refractivity contribution in [2.75, 3.05) is 23.3 Å². The van der Waals surface area contributed by atoms with E-state index < -0.39 is 5.79 Å². The number of hydrogen-bond donors (Lipinski definition) is 0. The van der Waals surface area contributed by atoms with Gasteiger partial charge in [0.25, 0.3) is 5.79 Å². The number of fused-ring (bicyclic) bond motifs is 4. The van der Waals surface area contributed by atoms with E-state index in [0.717, 1.165) is 60.3 Å². The lowest BCUT2D eigenvalue weighted by atomic mass is 9.68. The van der Waals surface area contributed by atoms with Crippen molar-refractivity contribution < 1.29 is 18.9 Å². The molecule has 0 amide bonds. The average molecular weight is 575 g/mol. The molecule has 0 fully saturated rings. The molecule has 0 saturated heterocycles. The zero-order valence-corrected chi connectivity index (χ0v) is 25.4. The van der Waals surface area contributed by atoms with E-state index in [0.29, 0.717) is 13.5 Å². The lowest BCUT2D eigenvalue weighted by Gasteiger charge is -2.51. The first-order chi connectivity index (χ1) is 20.7. The van der Waals surface area contributed by atoms with Crippen LogP contribution < -0.4 is 28.7 Å². The zero-order valence-electron chi connectivity index (χ0n) is 25.4. The summed E-state index contributed by atoms with van der Waals surface area (Å²) < 4.78 is 26.4. The second-order valence-electron chi connectivity index (χ2n) is 13.8. The highest BCUT2D eigenvalue weighted by atomic mass is 16.7. The van der Waals surface area contributed by atoms with E-state index in [1.807, 2.05) is 12.1 Å². The second-order valence-corrected chi connectivity index (χ2v) is 13.8. The van der Waals surface area contributed by atoms with Crippen molar-refractivity contribution >= 4 is 11.4 Å². The van der Waals surface area contributed by atoms with E-state index in [9.17, 15) is 0 Å². The van der Waals surface area contributed by atoms with E-state index in [-0.39, 0.29) is 10.8 Å². The molecule has 8 rings (SSSR count). The Bertz CT molecular complexity index is 1570. The zero-order chi connectivity index (χ0) is 29.4. The quantitative estimate of drug-likeness (QED) is 0.242. The SMILES string of the molecule is CC1(C)CC2(CC(C)(C)c3cc4c(cc3O2)OCN(c2ccccc2)C4)Oc2cc3c(cc21)CN(c1ccccc1)CO3. The first-order valence-corrected chi connectivity index (χ1v) is 15.3. The van der Waals surface area contributed by atoms with Gasteiger partial charge in [0.1, 0.15) is 23.0 Å². The molecule has 4 aliphatic rings. The maximum absolute atomic E-state index is 6.92. The summed E-state index contributed by atoms with van der Waals surface area (Å²) in [6, 6.07) is 29.6. The van der Waals surface area contributed by atoms with Crippen LogP contribution in [0.2, 0.25) is 0 Å². The number of nitrogens with zero attached hydrogens (tertiary/aromatic N) is 2. The van der Waals surface area contributed by atoms with Gasteiger partial charge in [0.15, 0.2) is 13.5 Å². The van der Waals surface area contributed by atoms with Gasteiger partial charge in [-0.1, -0.05) is 64.1 Å². The van der Waals surface area contributed by atoms with Crippen molar-refractivity contribution in [3.05, 3.63) is 107 Å². The maximum Gasteiger partial charge on any atom is 0.252 e. The molecule has 1 spiro atoms. The number of benzene rings is 4. The molecule has 0 unspecified atom stereocenters. The second kappa shape index (κ2) is 9.34. The van der Waals surface area contributed by atoms with Crippen LogP contribution in [0.5, 0.6) is 23.0 Å². The largest absolute Gasteiger partial charge is 0.473 e. The van der Waals surface area contributed by atoms with Crippen LogP contribution in [-0.4, -0.2) is 19.2 Å². The molecule has 4 aromatic rings. The summed E-state index contributed by atoms with van der Waals surface area (Å²) in [4.78, 5) is 4.52. The van der Waals surface area contributed by atoms with Gasteiger partial charge >= 0.3 is 0 Å². The van der Waals surface area contributed by atoms with Crippen LogP contribution in [0, 0.1) is 0 Å². The highest BCUT2D eigenvalue weighted by Crippen LogP contribution is 2.55.